The second-order valence-corrected chi connectivity index (χ2v) is 10.0. The minimum absolute atomic E-state index is 0.178. The molecule has 3 aromatic carbocycles. The molecule has 0 aliphatic carbocycles. The fraction of sp³-hybridized carbons (Fsp3) is 0.267. The molecule has 3 heterocycles. The lowest BCUT2D eigenvalue weighted by molar-refractivity contribution is 0.200. The number of pyridine rings is 1. The Morgan fingerprint density at radius 3 is 2.52 bits per heavy atom. The molecule has 1 aliphatic heterocycles. The number of H-pyrrole nitrogens is 1. The van der Waals surface area contributed by atoms with Crippen molar-refractivity contribution < 1.29 is 9.13 Å². The maximum atomic E-state index is 14.5. The minimum Gasteiger partial charge on any atom is -0.497 e. The predicted molar refractivity (Wildman–Crippen MR) is 151 cm³/mol. The molecule has 0 radical (unpaired) electrons. The van der Waals surface area contributed by atoms with Crippen LogP contribution in [0, 0.1) is 12.7 Å². The number of hydrogen-bond acceptors (Lipinski definition) is 7. The number of methoxy groups -OCH3 is 1. The largest absolute Gasteiger partial charge is 0.497 e. The fourth-order valence-electron chi connectivity index (χ4n) is 5.46. The second kappa shape index (κ2) is 10.9. The lowest BCUT2D eigenvalue weighted by Gasteiger charge is -2.39. The van der Waals surface area contributed by atoms with Crippen molar-refractivity contribution >= 4 is 16.6 Å². The summed E-state index contributed by atoms with van der Waals surface area (Å²) in [5, 5.41) is 13.7. The number of halogens is 1. The third-order valence-corrected chi connectivity index (χ3v) is 7.58. The topological polar surface area (TPSA) is 92.2 Å². The van der Waals surface area contributed by atoms with Crippen molar-refractivity contribution in [3.63, 3.8) is 0 Å². The Hall–Kier alpha value is -4.57. The van der Waals surface area contributed by atoms with Crippen LogP contribution in [0.1, 0.15) is 28.6 Å². The molecular weight excluding hydrogens is 509 g/mol. The summed E-state index contributed by atoms with van der Waals surface area (Å²) in [6.45, 7) is 4.80. The SMILES string of the molecule is COc1ccc(Cn2nnnc2[C@@H](c2cc3cccc(C)c3[nH]c2=O)N2CCN(c3ccccc3F)CC2)cc1. The maximum Gasteiger partial charge on any atom is 0.253 e. The van der Waals surface area contributed by atoms with E-state index in [2.05, 4.69) is 25.4 Å². The molecule has 40 heavy (non-hydrogen) atoms. The number of ether oxygens (including phenoxy) is 1. The van der Waals surface area contributed by atoms with E-state index in [-0.39, 0.29) is 11.4 Å². The molecule has 204 valence electrons. The Labute approximate surface area is 230 Å². The summed E-state index contributed by atoms with van der Waals surface area (Å²) in [7, 11) is 1.63. The molecule has 1 saturated heterocycles. The van der Waals surface area contributed by atoms with Crippen LogP contribution in [0.15, 0.2) is 77.6 Å². The average molecular weight is 540 g/mol. The molecule has 0 bridgehead atoms. The van der Waals surface area contributed by atoms with Crippen LogP contribution in [0.5, 0.6) is 5.75 Å². The molecule has 1 atom stereocenters. The molecule has 2 aromatic heterocycles. The molecule has 1 aliphatic rings. The number of nitrogens with zero attached hydrogens (tertiary/aromatic N) is 6. The first-order chi connectivity index (χ1) is 19.5. The Morgan fingerprint density at radius 1 is 1.00 bits per heavy atom. The van der Waals surface area contributed by atoms with Gasteiger partial charge in [0.05, 0.1) is 24.9 Å². The van der Waals surface area contributed by atoms with Gasteiger partial charge in [-0.15, -0.1) is 5.10 Å². The van der Waals surface area contributed by atoms with E-state index in [0.29, 0.717) is 49.8 Å². The third kappa shape index (κ3) is 4.93. The average Bonchev–Trinajstić information content (AvgIpc) is 3.42. The van der Waals surface area contributed by atoms with Crippen LogP contribution in [0.25, 0.3) is 10.9 Å². The summed E-state index contributed by atoms with van der Waals surface area (Å²) in [5.74, 6) is 1.11. The fourth-order valence-corrected chi connectivity index (χ4v) is 5.46. The van der Waals surface area contributed by atoms with E-state index in [4.69, 9.17) is 4.74 Å². The number of para-hydroxylation sites is 2. The molecule has 9 nitrogen and oxygen atoms in total. The van der Waals surface area contributed by atoms with Crippen molar-refractivity contribution in [2.24, 2.45) is 0 Å². The Balaban J connectivity index is 1.38. The molecule has 1 fully saturated rings. The summed E-state index contributed by atoms with van der Waals surface area (Å²) in [6.07, 6.45) is 0. The smallest absolute Gasteiger partial charge is 0.253 e. The number of benzene rings is 3. The molecule has 0 amide bonds. The summed E-state index contributed by atoms with van der Waals surface area (Å²) >= 11 is 0. The molecule has 0 unspecified atom stereocenters. The standard InChI is InChI=1S/C30H30FN7O2/c1-20-6-5-7-22-18-24(30(39)32-27(20)22)28(37-16-14-36(15-17-37)26-9-4-3-8-25(26)31)29-33-34-35-38(29)19-21-10-12-23(40-2)13-11-21/h3-13,18,28H,14-17,19H2,1-2H3,(H,32,39)/t28-/m1/s1. The van der Waals surface area contributed by atoms with Crippen LogP contribution >= 0.6 is 0 Å². The van der Waals surface area contributed by atoms with Gasteiger partial charge in [0, 0.05) is 31.7 Å². The number of aromatic amines is 1. The van der Waals surface area contributed by atoms with Crippen molar-refractivity contribution in [2.45, 2.75) is 19.5 Å². The van der Waals surface area contributed by atoms with Gasteiger partial charge in [-0.1, -0.05) is 42.5 Å². The summed E-state index contributed by atoms with van der Waals surface area (Å²) < 4.78 is 21.6. The Kier molecular flexibility index (Phi) is 7.00. The molecule has 1 N–H and O–H groups in total. The van der Waals surface area contributed by atoms with Crippen LogP contribution in [0.4, 0.5) is 10.1 Å². The second-order valence-electron chi connectivity index (χ2n) is 10.0. The van der Waals surface area contributed by atoms with Crippen LogP contribution in [-0.4, -0.2) is 63.4 Å². The zero-order valence-corrected chi connectivity index (χ0v) is 22.4. The van der Waals surface area contributed by atoms with Gasteiger partial charge in [0.2, 0.25) is 0 Å². The number of aryl methyl sites for hydroxylation is 1. The summed E-state index contributed by atoms with van der Waals surface area (Å²) in [6, 6.07) is 22.0. The van der Waals surface area contributed by atoms with Gasteiger partial charge >= 0.3 is 0 Å². The van der Waals surface area contributed by atoms with E-state index in [1.54, 1.807) is 23.9 Å². The van der Waals surface area contributed by atoms with E-state index in [1.165, 1.54) is 6.07 Å². The van der Waals surface area contributed by atoms with Gasteiger partial charge in [0.15, 0.2) is 5.82 Å². The molecule has 5 aromatic rings. The van der Waals surface area contributed by atoms with Crippen molar-refractivity contribution in [2.75, 3.05) is 38.2 Å². The van der Waals surface area contributed by atoms with E-state index >= 15 is 0 Å². The van der Waals surface area contributed by atoms with Gasteiger partial charge in [-0.25, -0.2) is 9.07 Å². The number of anilines is 1. The molecule has 6 rings (SSSR count). The predicted octanol–water partition coefficient (Wildman–Crippen LogP) is 3.93. The maximum absolute atomic E-state index is 14.5. The highest BCUT2D eigenvalue weighted by Crippen LogP contribution is 2.30. The number of nitrogens with one attached hydrogen (secondary N) is 1. The van der Waals surface area contributed by atoms with E-state index < -0.39 is 6.04 Å². The number of hydrogen-bond donors (Lipinski definition) is 1. The highest BCUT2D eigenvalue weighted by Gasteiger charge is 2.33. The van der Waals surface area contributed by atoms with Crippen LogP contribution < -0.4 is 15.2 Å². The normalized spacial score (nSPS) is 14.9. The van der Waals surface area contributed by atoms with Gasteiger partial charge in [-0.3, -0.25) is 9.69 Å². The van der Waals surface area contributed by atoms with Gasteiger partial charge < -0.3 is 14.6 Å². The molecule has 0 saturated carbocycles. The lowest BCUT2D eigenvalue weighted by Crippen LogP contribution is -2.49. The Morgan fingerprint density at radius 2 is 1.77 bits per heavy atom. The number of tetrazole rings is 1. The van der Waals surface area contributed by atoms with E-state index in [1.807, 2.05) is 66.4 Å². The van der Waals surface area contributed by atoms with Crippen molar-refractivity contribution in [3.8, 4) is 5.75 Å². The zero-order valence-electron chi connectivity index (χ0n) is 22.4. The minimum atomic E-state index is -0.496. The van der Waals surface area contributed by atoms with Gasteiger partial charge in [-0.05, 0) is 64.2 Å². The first-order valence-corrected chi connectivity index (χ1v) is 13.3. The first-order valence-electron chi connectivity index (χ1n) is 13.3. The summed E-state index contributed by atoms with van der Waals surface area (Å²) in [5.41, 5.74) is 3.80. The third-order valence-electron chi connectivity index (χ3n) is 7.58. The zero-order chi connectivity index (χ0) is 27.6. The molecule has 0 spiro atoms. The van der Waals surface area contributed by atoms with E-state index in [9.17, 15) is 9.18 Å². The highest BCUT2D eigenvalue weighted by atomic mass is 19.1. The molecular formula is C30H30FN7O2. The van der Waals surface area contributed by atoms with Crippen molar-refractivity contribution in [1.29, 1.82) is 0 Å². The van der Waals surface area contributed by atoms with Gasteiger partial charge in [0.1, 0.15) is 17.6 Å². The van der Waals surface area contributed by atoms with Crippen LogP contribution in [0.2, 0.25) is 0 Å². The van der Waals surface area contributed by atoms with Crippen molar-refractivity contribution in [1.82, 2.24) is 30.1 Å². The molecule has 10 heteroatoms. The van der Waals surface area contributed by atoms with Gasteiger partial charge in [-0.2, -0.15) is 0 Å². The lowest BCUT2D eigenvalue weighted by atomic mass is 10.0. The van der Waals surface area contributed by atoms with E-state index in [0.717, 1.165) is 27.8 Å². The quantitative estimate of drug-likeness (QED) is 0.335. The van der Waals surface area contributed by atoms with Crippen LogP contribution in [-0.2, 0) is 6.54 Å². The number of aromatic nitrogens is 5. The summed E-state index contributed by atoms with van der Waals surface area (Å²) in [4.78, 5) is 20.9. The number of rotatable bonds is 7. The Bertz CT molecular complexity index is 1690. The van der Waals surface area contributed by atoms with Crippen LogP contribution in [0.3, 0.4) is 0 Å². The van der Waals surface area contributed by atoms with Gasteiger partial charge in [0.25, 0.3) is 5.56 Å². The monoisotopic (exact) mass is 539 g/mol. The van der Waals surface area contributed by atoms with Crippen molar-refractivity contribution in [3.05, 3.63) is 111 Å². The highest BCUT2D eigenvalue weighted by molar-refractivity contribution is 5.82. The first kappa shape index (κ1) is 25.7. The number of fused-ring (bicyclic) bond motifs is 1. The number of piperazine rings is 1.